The van der Waals surface area contributed by atoms with E-state index in [-0.39, 0.29) is 5.12 Å². The maximum Gasteiger partial charge on any atom is 0.184 e. The average Bonchev–Trinajstić information content (AvgIpc) is 2.36. The minimum Gasteiger partial charge on any atom is -0.493 e. The van der Waals surface area contributed by atoms with Gasteiger partial charge in [0, 0.05) is 6.92 Å². The van der Waals surface area contributed by atoms with Crippen LogP contribution in [0.4, 0.5) is 0 Å². The number of carbonyl (C=O) groups excluding carboxylic acids is 1. The summed E-state index contributed by atoms with van der Waals surface area (Å²) in [7, 11) is 2.98. The predicted octanol–water partition coefficient (Wildman–Crippen LogP) is 2.46. The predicted molar refractivity (Wildman–Crippen MR) is 71.9 cm³/mol. The summed E-state index contributed by atoms with van der Waals surface area (Å²) < 4.78 is 10.2. The summed E-state index contributed by atoms with van der Waals surface area (Å²) in [4.78, 5) is 21.2. The van der Waals surface area contributed by atoms with Crippen molar-refractivity contribution >= 4 is 16.9 Å². The molecule has 1 aromatic rings. The van der Waals surface area contributed by atoms with Crippen LogP contribution in [0.15, 0.2) is 18.2 Å². The summed E-state index contributed by atoms with van der Waals surface area (Å²) in [6.07, 6.45) is 0. The van der Waals surface area contributed by atoms with Gasteiger partial charge in [-0.25, -0.2) is 0 Å². The third kappa shape index (κ3) is 4.36. The van der Waals surface area contributed by atoms with E-state index in [9.17, 15) is 14.9 Å². The normalized spacial score (nSPS) is 11.5. The molecule has 0 bridgehead atoms. The molecule has 0 N–H and O–H groups in total. The summed E-state index contributed by atoms with van der Waals surface area (Å²) in [5.41, 5.74) is 0.606. The first-order chi connectivity index (χ1) is 8.97. The molecule has 0 radical (unpaired) electrons. The summed E-state index contributed by atoms with van der Waals surface area (Å²) >= 11 is 0.881. The molecule has 0 spiro atoms. The quantitative estimate of drug-likeness (QED) is 0.453. The molecule has 0 fully saturated rings. The first-order valence-corrected chi connectivity index (χ1v) is 6.23. The fourth-order valence-electron chi connectivity index (χ4n) is 1.50. The van der Waals surface area contributed by atoms with Crippen LogP contribution in [-0.2, 0) is 4.79 Å². The summed E-state index contributed by atoms with van der Waals surface area (Å²) in [5.74, 6) is 0.991. The minimum absolute atomic E-state index is 0.196. The lowest BCUT2D eigenvalue weighted by Gasteiger charge is -2.20. The number of rotatable bonds is 6. The van der Waals surface area contributed by atoms with Gasteiger partial charge in [-0.2, -0.15) is 0 Å². The van der Waals surface area contributed by atoms with Crippen molar-refractivity contribution in [1.82, 2.24) is 0 Å². The van der Waals surface area contributed by atoms with Gasteiger partial charge < -0.3 is 9.47 Å². The molecule has 6 nitrogen and oxygen atoms in total. The molecular formula is C12H14NO5S-. The molecule has 1 atom stereocenters. The van der Waals surface area contributed by atoms with Gasteiger partial charge in [-0.05, 0) is 23.9 Å². The summed E-state index contributed by atoms with van der Waals surface area (Å²) in [6.45, 7) is 2.25. The lowest BCUT2D eigenvalue weighted by molar-refractivity contribution is -0.437. The van der Waals surface area contributed by atoms with Crippen molar-refractivity contribution < 1.29 is 19.2 Å². The van der Waals surface area contributed by atoms with Crippen molar-refractivity contribution in [3.63, 3.8) is 0 Å². The Kier molecular flexibility index (Phi) is 5.50. The van der Waals surface area contributed by atoms with E-state index in [0.29, 0.717) is 17.1 Å². The lowest BCUT2D eigenvalue weighted by Crippen LogP contribution is -2.06. The third-order valence-corrected chi connectivity index (χ3v) is 3.27. The Morgan fingerprint density at radius 1 is 1.37 bits per heavy atom. The van der Waals surface area contributed by atoms with Crippen molar-refractivity contribution in [1.29, 1.82) is 0 Å². The van der Waals surface area contributed by atoms with Crippen LogP contribution in [0.5, 0.6) is 11.5 Å². The molecule has 0 aromatic heterocycles. The highest BCUT2D eigenvalue weighted by molar-refractivity contribution is 8.13. The van der Waals surface area contributed by atoms with Crippen LogP contribution >= 0.6 is 11.8 Å². The monoisotopic (exact) mass is 284 g/mol. The van der Waals surface area contributed by atoms with Gasteiger partial charge in [0.1, 0.15) is 0 Å². The Balaban J connectivity index is 3.07. The van der Waals surface area contributed by atoms with Gasteiger partial charge in [0.15, 0.2) is 16.6 Å². The average molecular weight is 284 g/mol. The Morgan fingerprint density at radius 2 is 2.00 bits per heavy atom. The minimum atomic E-state index is -0.660. The van der Waals surface area contributed by atoms with Crippen LogP contribution < -0.4 is 9.47 Å². The number of thioether (sulfide) groups is 1. The fourth-order valence-corrected chi connectivity index (χ4v) is 2.30. The molecule has 0 aliphatic carbocycles. The number of methoxy groups -OCH3 is 2. The molecule has 0 aliphatic heterocycles. The van der Waals surface area contributed by atoms with Gasteiger partial charge in [0.05, 0.1) is 14.2 Å². The van der Waals surface area contributed by atoms with E-state index < -0.39 is 10.2 Å². The second kappa shape index (κ2) is 6.89. The number of nitrogens with zero attached hydrogens (tertiary/aromatic N) is 1. The highest BCUT2D eigenvalue weighted by Crippen LogP contribution is 2.37. The molecule has 1 aromatic carbocycles. The molecule has 104 valence electrons. The zero-order valence-corrected chi connectivity index (χ0v) is 11.6. The maximum absolute atomic E-state index is 11.2. The molecule has 19 heavy (non-hydrogen) atoms. The number of ether oxygens (including phenoxy) is 2. The number of hydrogen-bond donors (Lipinski definition) is 0. The molecule has 7 heteroatoms. The van der Waals surface area contributed by atoms with E-state index in [1.54, 1.807) is 18.2 Å². The van der Waals surface area contributed by atoms with Crippen LogP contribution in [0.2, 0.25) is 0 Å². The van der Waals surface area contributed by atoms with Gasteiger partial charge in [-0.1, -0.05) is 11.6 Å². The van der Waals surface area contributed by atoms with Crippen LogP contribution in [0.25, 0.3) is 0 Å². The van der Waals surface area contributed by atoms with Gasteiger partial charge in [-0.15, -0.1) is 16.7 Å². The Bertz CT molecular complexity index is 461. The standard InChI is InChI=1S/C12H14NO5S/c1-8(14)19-12(7-13(15)16)9-4-5-10(17-2)11(6-9)18-3/h4-7,12H,1-3H3/q-1. The second-order valence-corrected chi connectivity index (χ2v) is 4.90. The van der Waals surface area contributed by atoms with Crippen molar-refractivity contribution in [3.05, 3.63) is 40.4 Å². The maximum atomic E-state index is 11.2. The fraction of sp³-hybridized carbons (Fsp3) is 0.333. The van der Waals surface area contributed by atoms with Crippen molar-refractivity contribution in [2.75, 3.05) is 14.2 Å². The number of carbonyl (C=O) groups is 1. The zero-order valence-electron chi connectivity index (χ0n) is 10.8. The first kappa shape index (κ1) is 15.2. The topological polar surface area (TPSA) is 78.7 Å². The van der Waals surface area contributed by atoms with Crippen LogP contribution in [-0.4, -0.2) is 24.3 Å². The Labute approximate surface area is 115 Å². The number of hydrogen-bond acceptors (Lipinski definition) is 6. The van der Waals surface area contributed by atoms with Crippen molar-refractivity contribution in [2.45, 2.75) is 12.2 Å². The highest BCUT2D eigenvalue weighted by atomic mass is 32.2. The SMILES string of the molecule is COc1ccc(C([CH-][N+](=O)[O-])SC(C)=O)cc1OC. The van der Waals surface area contributed by atoms with Gasteiger partial charge in [-0.3, -0.25) is 14.9 Å². The largest absolute Gasteiger partial charge is 0.493 e. The van der Waals surface area contributed by atoms with E-state index in [4.69, 9.17) is 9.47 Å². The highest BCUT2D eigenvalue weighted by Gasteiger charge is 2.14. The van der Waals surface area contributed by atoms with Crippen LogP contribution in [0, 0.1) is 16.7 Å². The lowest BCUT2D eigenvalue weighted by atomic mass is 10.1. The zero-order chi connectivity index (χ0) is 14.4. The molecule has 0 aliphatic rings. The molecule has 0 amide bonds. The first-order valence-electron chi connectivity index (χ1n) is 5.35. The smallest absolute Gasteiger partial charge is 0.184 e. The molecule has 1 rings (SSSR count). The molecule has 1 unspecified atom stereocenters. The second-order valence-electron chi connectivity index (χ2n) is 3.58. The Hall–Kier alpha value is -1.89. The third-order valence-electron chi connectivity index (χ3n) is 2.29. The van der Waals surface area contributed by atoms with E-state index in [1.165, 1.54) is 21.1 Å². The summed E-state index contributed by atoms with van der Waals surface area (Å²) in [6, 6.07) is 4.94. The number of nitro groups is 1. The van der Waals surface area contributed by atoms with E-state index in [1.807, 2.05) is 0 Å². The number of benzene rings is 1. The van der Waals surface area contributed by atoms with E-state index >= 15 is 0 Å². The Morgan fingerprint density at radius 3 is 2.47 bits per heavy atom. The summed E-state index contributed by atoms with van der Waals surface area (Å²) in [5, 5.41) is 9.76. The van der Waals surface area contributed by atoms with Crippen molar-refractivity contribution in [2.24, 2.45) is 0 Å². The van der Waals surface area contributed by atoms with E-state index in [2.05, 4.69) is 0 Å². The van der Waals surface area contributed by atoms with E-state index in [0.717, 1.165) is 18.3 Å². The molecular weight excluding hydrogens is 270 g/mol. The van der Waals surface area contributed by atoms with Crippen LogP contribution in [0.1, 0.15) is 17.7 Å². The van der Waals surface area contributed by atoms with Crippen molar-refractivity contribution in [3.8, 4) is 11.5 Å². The molecule has 0 saturated heterocycles. The van der Waals surface area contributed by atoms with Gasteiger partial charge in [0.25, 0.3) is 0 Å². The van der Waals surface area contributed by atoms with Gasteiger partial charge >= 0.3 is 0 Å². The van der Waals surface area contributed by atoms with Gasteiger partial charge in [0.2, 0.25) is 0 Å². The molecule has 0 heterocycles. The molecule has 0 saturated carbocycles. The van der Waals surface area contributed by atoms with Crippen LogP contribution in [0.3, 0.4) is 0 Å².